The lowest BCUT2D eigenvalue weighted by Crippen LogP contribution is -2.06. The molecular weight excluding hydrogens is 366 g/mol. The van der Waals surface area contributed by atoms with Gasteiger partial charge in [-0.1, -0.05) is 34.0 Å². The average molecular weight is 382 g/mol. The molecule has 27 heavy (non-hydrogen) atoms. The van der Waals surface area contributed by atoms with Crippen molar-refractivity contribution in [2.24, 2.45) is 7.05 Å². The third-order valence-corrected chi connectivity index (χ3v) is 4.27. The predicted molar refractivity (Wildman–Crippen MR) is 100 cm³/mol. The maximum Gasteiger partial charge on any atom is 0.316 e. The van der Waals surface area contributed by atoms with E-state index >= 15 is 0 Å². The molecule has 1 aromatic carbocycles. The lowest BCUT2D eigenvalue weighted by atomic mass is 10.1. The van der Waals surface area contributed by atoms with Crippen LogP contribution in [0.3, 0.4) is 0 Å². The molecular formula is C19H16ClN5O2. The second kappa shape index (κ2) is 7.59. The van der Waals surface area contributed by atoms with Crippen LogP contribution in [0.15, 0.2) is 59.4 Å². The van der Waals surface area contributed by atoms with Crippen LogP contribution in [0.2, 0.25) is 5.02 Å². The zero-order chi connectivity index (χ0) is 18.6. The minimum absolute atomic E-state index is 0.407. The molecule has 0 spiro atoms. The standard InChI is InChI=1S/C19H16ClN5O2/c1-25-18(13-5-8-21-9-6-13)22-23-19(25)26-10-7-16-12-17(27-24-16)14-3-2-4-15(20)11-14/h2-6,8-9,11-12H,7,10H2,1H3. The van der Waals surface area contributed by atoms with Gasteiger partial charge < -0.3 is 9.26 Å². The number of hydrogen-bond donors (Lipinski definition) is 0. The van der Waals surface area contributed by atoms with Gasteiger partial charge in [-0.2, -0.15) is 0 Å². The highest BCUT2D eigenvalue weighted by molar-refractivity contribution is 6.30. The van der Waals surface area contributed by atoms with Gasteiger partial charge in [-0.3, -0.25) is 9.55 Å². The van der Waals surface area contributed by atoms with Crippen molar-refractivity contribution in [3.8, 4) is 28.7 Å². The molecule has 0 unspecified atom stereocenters. The molecule has 0 saturated heterocycles. The SMILES string of the molecule is Cn1c(OCCc2cc(-c3cccc(Cl)c3)on2)nnc1-c1ccncc1. The molecule has 7 nitrogen and oxygen atoms in total. The van der Waals surface area contributed by atoms with E-state index in [1.807, 2.05) is 49.5 Å². The summed E-state index contributed by atoms with van der Waals surface area (Å²) in [5.41, 5.74) is 2.61. The van der Waals surface area contributed by atoms with Crippen LogP contribution < -0.4 is 4.74 Å². The lowest BCUT2D eigenvalue weighted by molar-refractivity contribution is 0.282. The number of ether oxygens (including phenoxy) is 1. The summed E-state index contributed by atoms with van der Waals surface area (Å²) in [6, 6.07) is 13.5. The molecule has 0 radical (unpaired) electrons. The number of hydrogen-bond acceptors (Lipinski definition) is 6. The summed E-state index contributed by atoms with van der Waals surface area (Å²) in [5, 5.41) is 13.0. The molecule has 0 atom stereocenters. The summed E-state index contributed by atoms with van der Waals surface area (Å²) in [4.78, 5) is 4.01. The van der Waals surface area contributed by atoms with E-state index in [0.29, 0.717) is 29.8 Å². The van der Waals surface area contributed by atoms with Crippen molar-refractivity contribution in [2.75, 3.05) is 6.61 Å². The molecule has 0 amide bonds. The first-order valence-corrected chi connectivity index (χ1v) is 8.72. The molecule has 0 aliphatic rings. The molecule has 3 heterocycles. The second-order valence-electron chi connectivity index (χ2n) is 5.89. The van der Waals surface area contributed by atoms with E-state index in [1.54, 1.807) is 17.0 Å². The molecule has 8 heteroatoms. The van der Waals surface area contributed by atoms with Gasteiger partial charge in [-0.05, 0) is 24.3 Å². The Morgan fingerprint density at radius 3 is 2.74 bits per heavy atom. The van der Waals surface area contributed by atoms with Crippen LogP contribution >= 0.6 is 11.6 Å². The number of nitrogens with zero attached hydrogens (tertiary/aromatic N) is 5. The van der Waals surface area contributed by atoms with Gasteiger partial charge in [0.1, 0.15) is 0 Å². The van der Waals surface area contributed by atoms with Gasteiger partial charge in [0, 0.05) is 48.1 Å². The van der Waals surface area contributed by atoms with Crippen molar-refractivity contribution in [1.29, 1.82) is 0 Å². The van der Waals surface area contributed by atoms with E-state index in [4.69, 9.17) is 20.9 Å². The number of pyridine rings is 1. The van der Waals surface area contributed by atoms with E-state index in [9.17, 15) is 0 Å². The summed E-state index contributed by atoms with van der Waals surface area (Å²) < 4.78 is 12.9. The highest BCUT2D eigenvalue weighted by Gasteiger charge is 2.12. The molecule has 0 aliphatic carbocycles. The molecule has 0 N–H and O–H groups in total. The van der Waals surface area contributed by atoms with Crippen molar-refractivity contribution in [1.82, 2.24) is 24.9 Å². The average Bonchev–Trinajstić information content (AvgIpc) is 3.30. The number of halogens is 1. The van der Waals surface area contributed by atoms with E-state index < -0.39 is 0 Å². The Balaban J connectivity index is 1.39. The van der Waals surface area contributed by atoms with Gasteiger partial charge in [0.2, 0.25) is 0 Å². The molecule has 0 saturated carbocycles. The van der Waals surface area contributed by atoms with Crippen molar-refractivity contribution < 1.29 is 9.26 Å². The first kappa shape index (κ1) is 17.2. The Kier molecular flexibility index (Phi) is 4.84. The summed E-state index contributed by atoms with van der Waals surface area (Å²) >= 11 is 6.01. The molecule has 0 aliphatic heterocycles. The fourth-order valence-corrected chi connectivity index (χ4v) is 2.84. The Hall–Kier alpha value is -3.19. The van der Waals surface area contributed by atoms with E-state index in [1.165, 1.54) is 0 Å². The molecule has 136 valence electrons. The van der Waals surface area contributed by atoms with Crippen LogP contribution in [0.5, 0.6) is 6.01 Å². The normalized spacial score (nSPS) is 10.9. The minimum Gasteiger partial charge on any atom is -0.463 e. The largest absolute Gasteiger partial charge is 0.463 e. The lowest BCUT2D eigenvalue weighted by Gasteiger charge is -2.05. The van der Waals surface area contributed by atoms with Crippen LogP contribution in [-0.2, 0) is 13.5 Å². The van der Waals surface area contributed by atoms with Crippen molar-refractivity contribution in [3.63, 3.8) is 0 Å². The maximum atomic E-state index is 6.01. The fourth-order valence-electron chi connectivity index (χ4n) is 2.65. The number of aromatic nitrogens is 5. The van der Waals surface area contributed by atoms with Crippen molar-refractivity contribution >= 4 is 11.6 Å². The number of benzene rings is 1. The Morgan fingerprint density at radius 2 is 1.93 bits per heavy atom. The van der Waals surface area contributed by atoms with Gasteiger partial charge in [0.25, 0.3) is 0 Å². The second-order valence-corrected chi connectivity index (χ2v) is 6.33. The molecule has 0 fully saturated rings. The maximum absolute atomic E-state index is 6.01. The third-order valence-electron chi connectivity index (χ3n) is 4.03. The Bertz CT molecular complexity index is 1050. The minimum atomic E-state index is 0.407. The summed E-state index contributed by atoms with van der Waals surface area (Å²) in [5.74, 6) is 1.39. The van der Waals surface area contributed by atoms with E-state index in [0.717, 1.165) is 22.6 Å². The molecule has 0 bridgehead atoms. The summed E-state index contributed by atoms with van der Waals surface area (Å²) in [7, 11) is 1.86. The zero-order valence-corrected chi connectivity index (χ0v) is 15.3. The number of rotatable bonds is 6. The molecule has 4 aromatic rings. The molecule has 4 rings (SSSR count). The van der Waals surface area contributed by atoms with E-state index in [-0.39, 0.29) is 0 Å². The van der Waals surface area contributed by atoms with Gasteiger partial charge in [0.15, 0.2) is 11.6 Å². The highest BCUT2D eigenvalue weighted by atomic mass is 35.5. The summed E-state index contributed by atoms with van der Waals surface area (Å²) in [6.07, 6.45) is 4.01. The van der Waals surface area contributed by atoms with E-state index in [2.05, 4.69) is 20.3 Å². The van der Waals surface area contributed by atoms with Crippen LogP contribution in [0.4, 0.5) is 0 Å². The first-order chi connectivity index (χ1) is 13.2. The van der Waals surface area contributed by atoms with Crippen LogP contribution in [0, 0.1) is 0 Å². The third kappa shape index (κ3) is 3.83. The van der Waals surface area contributed by atoms with Gasteiger partial charge >= 0.3 is 6.01 Å². The Labute approximate surface area is 160 Å². The van der Waals surface area contributed by atoms with Crippen LogP contribution in [0.1, 0.15) is 5.69 Å². The van der Waals surface area contributed by atoms with Gasteiger partial charge in [-0.25, -0.2) is 0 Å². The Morgan fingerprint density at radius 1 is 1.07 bits per heavy atom. The van der Waals surface area contributed by atoms with Crippen molar-refractivity contribution in [2.45, 2.75) is 6.42 Å². The zero-order valence-electron chi connectivity index (χ0n) is 14.5. The van der Waals surface area contributed by atoms with Gasteiger partial charge in [-0.15, -0.1) is 5.10 Å². The fraction of sp³-hybridized carbons (Fsp3) is 0.158. The van der Waals surface area contributed by atoms with Crippen LogP contribution in [-0.4, -0.2) is 31.5 Å². The van der Waals surface area contributed by atoms with Crippen molar-refractivity contribution in [3.05, 3.63) is 65.6 Å². The topological polar surface area (TPSA) is 78.9 Å². The smallest absolute Gasteiger partial charge is 0.316 e. The predicted octanol–water partition coefficient (Wildman–Crippen LogP) is 3.81. The quantitative estimate of drug-likeness (QED) is 0.505. The van der Waals surface area contributed by atoms with Gasteiger partial charge in [0.05, 0.1) is 12.3 Å². The molecule has 3 aromatic heterocycles. The van der Waals surface area contributed by atoms with Crippen LogP contribution in [0.25, 0.3) is 22.7 Å². The summed E-state index contributed by atoms with van der Waals surface area (Å²) in [6.45, 7) is 0.407. The highest BCUT2D eigenvalue weighted by Crippen LogP contribution is 2.24. The monoisotopic (exact) mass is 381 g/mol. The first-order valence-electron chi connectivity index (χ1n) is 8.35.